The molecule has 0 radical (unpaired) electrons. The van der Waals surface area contributed by atoms with Crippen LogP contribution in [-0.4, -0.2) is 57.9 Å². The first kappa shape index (κ1) is 20.4. The molecule has 7 rings (SSSR count). The van der Waals surface area contributed by atoms with Gasteiger partial charge in [0, 0.05) is 43.8 Å². The van der Waals surface area contributed by atoms with Crippen molar-refractivity contribution in [2.45, 2.75) is 12.5 Å². The molecule has 1 N–H and O–H groups in total. The van der Waals surface area contributed by atoms with Crippen LogP contribution in [0.4, 0.5) is 17.3 Å². The van der Waals surface area contributed by atoms with E-state index in [1.54, 1.807) is 0 Å². The second-order valence-corrected chi connectivity index (χ2v) is 9.61. The van der Waals surface area contributed by atoms with Crippen LogP contribution in [0.25, 0.3) is 21.8 Å². The van der Waals surface area contributed by atoms with Crippen LogP contribution < -0.4 is 10.2 Å². The van der Waals surface area contributed by atoms with Gasteiger partial charge in [0.15, 0.2) is 5.65 Å². The van der Waals surface area contributed by atoms with Crippen molar-refractivity contribution in [2.24, 2.45) is 0 Å². The molecule has 0 bridgehead atoms. The number of anilines is 3. The maximum absolute atomic E-state index is 4.88. The molecule has 174 valence electrons. The van der Waals surface area contributed by atoms with E-state index in [9.17, 15) is 0 Å². The van der Waals surface area contributed by atoms with Gasteiger partial charge >= 0.3 is 0 Å². The number of aromatic nitrogens is 4. The number of benzene rings is 3. The highest BCUT2D eigenvalue weighted by atomic mass is 15.3. The molecule has 1 aliphatic carbocycles. The Hall–Kier alpha value is -3.97. The quantitative estimate of drug-likeness (QED) is 0.421. The van der Waals surface area contributed by atoms with E-state index in [2.05, 4.69) is 92.5 Å². The Bertz CT molecular complexity index is 1530. The van der Waals surface area contributed by atoms with Crippen molar-refractivity contribution in [3.63, 3.8) is 0 Å². The fourth-order valence-corrected chi connectivity index (χ4v) is 5.51. The summed E-state index contributed by atoms with van der Waals surface area (Å²) >= 11 is 0. The minimum absolute atomic E-state index is 0.138. The molecule has 0 saturated carbocycles. The number of nitrogens with zero attached hydrogens (tertiary/aromatic N) is 6. The minimum Gasteiger partial charge on any atom is -0.369 e. The van der Waals surface area contributed by atoms with E-state index in [1.165, 1.54) is 27.6 Å². The van der Waals surface area contributed by atoms with Gasteiger partial charge in [-0.2, -0.15) is 10.1 Å². The molecule has 1 saturated heterocycles. The molecule has 0 unspecified atom stereocenters. The molecule has 1 atom stereocenters. The number of piperazine rings is 1. The molecule has 5 aromatic rings. The maximum Gasteiger partial charge on any atom is 0.229 e. The highest BCUT2D eigenvalue weighted by Crippen LogP contribution is 2.39. The Morgan fingerprint density at radius 1 is 0.857 bits per heavy atom. The Balaban J connectivity index is 1.17. The van der Waals surface area contributed by atoms with E-state index in [1.807, 2.05) is 12.4 Å². The van der Waals surface area contributed by atoms with E-state index < -0.39 is 0 Å². The Morgan fingerprint density at radius 2 is 1.66 bits per heavy atom. The number of likely N-dealkylation sites (N-methyl/N-ethyl adjacent to an activating group) is 1. The molecule has 2 aromatic heterocycles. The van der Waals surface area contributed by atoms with E-state index in [-0.39, 0.29) is 6.04 Å². The monoisotopic (exact) mass is 461 g/mol. The van der Waals surface area contributed by atoms with Gasteiger partial charge in [0.25, 0.3) is 0 Å². The van der Waals surface area contributed by atoms with Crippen molar-refractivity contribution in [2.75, 3.05) is 43.4 Å². The van der Waals surface area contributed by atoms with Crippen molar-refractivity contribution in [3.8, 4) is 0 Å². The number of fused-ring (bicyclic) bond motifs is 1. The maximum atomic E-state index is 4.88. The molecule has 35 heavy (non-hydrogen) atoms. The zero-order valence-corrected chi connectivity index (χ0v) is 19.7. The lowest BCUT2D eigenvalue weighted by Gasteiger charge is -2.34. The molecular weight excluding hydrogens is 434 g/mol. The van der Waals surface area contributed by atoms with Gasteiger partial charge in [-0.15, -0.1) is 0 Å². The van der Waals surface area contributed by atoms with Gasteiger partial charge in [0.1, 0.15) is 0 Å². The van der Waals surface area contributed by atoms with Crippen LogP contribution in [0.3, 0.4) is 0 Å². The third-order valence-electron chi connectivity index (χ3n) is 7.42. The fourth-order valence-electron chi connectivity index (χ4n) is 5.51. The van der Waals surface area contributed by atoms with Crippen LogP contribution in [0, 0.1) is 0 Å². The van der Waals surface area contributed by atoms with Crippen molar-refractivity contribution in [1.29, 1.82) is 0 Å². The molecule has 0 amide bonds. The lowest BCUT2D eigenvalue weighted by Crippen LogP contribution is -2.44. The van der Waals surface area contributed by atoms with Crippen LogP contribution in [-0.2, 0) is 6.42 Å². The summed E-state index contributed by atoms with van der Waals surface area (Å²) in [5.41, 5.74) is 5.78. The van der Waals surface area contributed by atoms with Gasteiger partial charge in [0.2, 0.25) is 5.95 Å². The highest BCUT2D eigenvalue weighted by molar-refractivity contribution is 5.91. The fraction of sp³-hybridized carbons (Fsp3) is 0.250. The largest absolute Gasteiger partial charge is 0.369 e. The summed E-state index contributed by atoms with van der Waals surface area (Å²) in [5.74, 6) is 0.584. The summed E-state index contributed by atoms with van der Waals surface area (Å²) in [6.07, 6.45) is 4.65. The molecule has 1 aliphatic heterocycles. The van der Waals surface area contributed by atoms with Crippen molar-refractivity contribution >= 4 is 39.1 Å². The van der Waals surface area contributed by atoms with Crippen molar-refractivity contribution in [3.05, 3.63) is 84.2 Å². The second kappa shape index (κ2) is 8.06. The lowest BCUT2D eigenvalue weighted by molar-refractivity contribution is 0.313. The van der Waals surface area contributed by atoms with E-state index >= 15 is 0 Å². The summed E-state index contributed by atoms with van der Waals surface area (Å²) in [4.78, 5) is 14.2. The van der Waals surface area contributed by atoms with Gasteiger partial charge in [-0.25, -0.2) is 9.67 Å². The molecule has 0 spiro atoms. The SMILES string of the molecule is CN1CCN(c2ccc(Nc3ncc4cnn([C@@H]5Cc6cccc7cccc5c67)c4n3)cc2)CC1. The van der Waals surface area contributed by atoms with E-state index in [4.69, 9.17) is 10.1 Å². The van der Waals surface area contributed by atoms with Crippen LogP contribution in [0.2, 0.25) is 0 Å². The molecule has 7 heteroatoms. The first-order chi connectivity index (χ1) is 17.2. The van der Waals surface area contributed by atoms with Crippen LogP contribution in [0.5, 0.6) is 0 Å². The van der Waals surface area contributed by atoms with Gasteiger partial charge < -0.3 is 15.1 Å². The van der Waals surface area contributed by atoms with E-state index in [0.29, 0.717) is 5.95 Å². The Kier molecular flexibility index (Phi) is 4.70. The number of rotatable bonds is 4. The minimum atomic E-state index is 0.138. The zero-order chi connectivity index (χ0) is 23.4. The molecular formula is C28H27N7. The molecule has 3 heterocycles. The summed E-state index contributed by atoms with van der Waals surface area (Å²) in [5, 5.41) is 11.7. The summed E-state index contributed by atoms with van der Waals surface area (Å²) < 4.78 is 2.06. The predicted molar refractivity (Wildman–Crippen MR) is 141 cm³/mol. The zero-order valence-electron chi connectivity index (χ0n) is 19.7. The third kappa shape index (κ3) is 3.51. The molecule has 3 aromatic carbocycles. The van der Waals surface area contributed by atoms with Crippen molar-refractivity contribution in [1.82, 2.24) is 24.6 Å². The molecule has 2 aliphatic rings. The van der Waals surface area contributed by atoms with Crippen molar-refractivity contribution < 1.29 is 0 Å². The topological polar surface area (TPSA) is 62.1 Å². The van der Waals surface area contributed by atoms with Crippen LogP contribution in [0.1, 0.15) is 17.2 Å². The molecule has 7 nitrogen and oxygen atoms in total. The molecule has 1 fully saturated rings. The standard InChI is InChI=1S/C28H27N7/c1-33-12-14-34(15-13-33)23-10-8-22(9-11-23)31-28-29-17-21-18-30-35(27(21)32-28)25-16-20-6-2-4-19-5-3-7-24(25)26(19)20/h2-11,17-18,25H,12-16H2,1H3,(H,29,31,32)/t25-/m1/s1. The number of nitrogens with one attached hydrogen (secondary N) is 1. The van der Waals surface area contributed by atoms with Gasteiger partial charge in [-0.1, -0.05) is 36.4 Å². The summed E-state index contributed by atoms with van der Waals surface area (Å²) in [6, 6.07) is 21.8. The highest BCUT2D eigenvalue weighted by Gasteiger charge is 2.27. The normalized spacial score (nSPS) is 18.0. The first-order valence-corrected chi connectivity index (χ1v) is 12.2. The number of hydrogen-bond acceptors (Lipinski definition) is 6. The van der Waals surface area contributed by atoms with Gasteiger partial charge in [-0.3, -0.25) is 0 Å². The van der Waals surface area contributed by atoms with Gasteiger partial charge in [0.05, 0.1) is 17.6 Å². The van der Waals surface area contributed by atoms with Gasteiger partial charge in [-0.05, 0) is 59.6 Å². The summed E-state index contributed by atoms with van der Waals surface area (Å²) in [6.45, 7) is 4.32. The number of hydrogen-bond donors (Lipinski definition) is 1. The average molecular weight is 462 g/mol. The summed E-state index contributed by atoms with van der Waals surface area (Å²) in [7, 11) is 2.18. The average Bonchev–Trinajstić information content (AvgIpc) is 3.48. The van der Waals surface area contributed by atoms with E-state index in [0.717, 1.165) is 49.3 Å². The predicted octanol–water partition coefficient (Wildman–Crippen LogP) is 4.62. The Labute approximate surface area is 204 Å². The first-order valence-electron chi connectivity index (χ1n) is 12.2. The smallest absolute Gasteiger partial charge is 0.229 e. The second-order valence-electron chi connectivity index (χ2n) is 9.61. The third-order valence-corrected chi connectivity index (χ3v) is 7.42. The Morgan fingerprint density at radius 3 is 2.49 bits per heavy atom. The van der Waals surface area contributed by atoms with Crippen LogP contribution in [0.15, 0.2) is 73.1 Å². The lowest BCUT2D eigenvalue weighted by atomic mass is 10.0. The van der Waals surface area contributed by atoms with Crippen LogP contribution >= 0.6 is 0 Å².